The zero-order chi connectivity index (χ0) is 24.1. The van der Waals surface area contributed by atoms with Crippen LogP contribution in [0.25, 0.3) is 0 Å². The highest BCUT2D eigenvalue weighted by Gasteiger charge is 2.34. The van der Waals surface area contributed by atoms with Gasteiger partial charge in [0, 0.05) is 12.1 Å². The molecule has 0 amide bonds. The third-order valence-electron chi connectivity index (χ3n) is 8.06. The maximum atomic E-state index is 13.8. The lowest BCUT2D eigenvalue weighted by Crippen LogP contribution is -2.30. The minimum Gasteiger partial charge on any atom is -0.426 e. The fraction of sp³-hybridized carbons (Fsp3) is 0.517. The van der Waals surface area contributed by atoms with Crippen LogP contribution >= 0.6 is 0 Å². The van der Waals surface area contributed by atoms with Crippen molar-refractivity contribution in [2.45, 2.75) is 70.6 Å². The molecule has 34 heavy (non-hydrogen) atoms. The van der Waals surface area contributed by atoms with E-state index in [1.165, 1.54) is 43.7 Å². The van der Waals surface area contributed by atoms with E-state index in [4.69, 9.17) is 10.00 Å². The number of hydrogen-bond donors (Lipinski definition) is 0. The molecule has 2 fully saturated rings. The number of ether oxygens (including phenoxy) is 1. The predicted octanol–water partition coefficient (Wildman–Crippen LogP) is 7.55. The zero-order valence-electron chi connectivity index (χ0n) is 19.8. The van der Waals surface area contributed by atoms with Gasteiger partial charge in [-0.25, -0.2) is 8.78 Å². The molecule has 0 N–H and O–H groups in total. The van der Waals surface area contributed by atoms with Crippen LogP contribution in [0.4, 0.5) is 8.78 Å². The first-order chi connectivity index (χ1) is 16.4. The number of carbonyl (C=O) groups excluding carboxylic acids is 1. The first-order valence-corrected chi connectivity index (χ1v) is 12.6. The summed E-state index contributed by atoms with van der Waals surface area (Å²) in [5, 5.41) is 8.77. The van der Waals surface area contributed by atoms with Crippen molar-refractivity contribution in [2.75, 3.05) is 0 Å². The highest BCUT2D eigenvalue weighted by atomic mass is 19.1. The Kier molecular flexibility index (Phi) is 7.98. The van der Waals surface area contributed by atoms with E-state index in [1.54, 1.807) is 0 Å². The summed E-state index contributed by atoms with van der Waals surface area (Å²) in [7, 11) is 0. The van der Waals surface area contributed by atoms with Crippen molar-refractivity contribution in [1.82, 2.24) is 0 Å². The number of carbonyl (C=O) groups is 1. The van der Waals surface area contributed by atoms with Crippen molar-refractivity contribution in [3.8, 4) is 11.8 Å². The topological polar surface area (TPSA) is 50.1 Å². The maximum absolute atomic E-state index is 13.8. The quantitative estimate of drug-likeness (QED) is 0.327. The van der Waals surface area contributed by atoms with Crippen LogP contribution < -0.4 is 4.74 Å². The molecular weight excluding hydrogens is 432 g/mol. The SMILES string of the molecule is C[C@@H](CC1CCC(C2CCC(C(=O)Oc3cc(F)c(C#N)c(F)c3)CC2)CC1)c1ccccc1. The van der Waals surface area contributed by atoms with Gasteiger partial charge in [-0.05, 0) is 74.2 Å². The highest BCUT2D eigenvalue weighted by molar-refractivity contribution is 5.75. The number of hydrogen-bond acceptors (Lipinski definition) is 3. The van der Waals surface area contributed by atoms with Crippen molar-refractivity contribution in [3.63, 3.8) is 0 Å². The van der Waals surface area contributed by atoms with Crippen LogP contribution in [0.3, 0.4) is 0 Å². The normalized spacial score (nSPS) is 25.8. The Hall–Kier alpha value is -2.74. The molecule has 2 aliphatic carbocycles. The second kappa shape index (κ2) is 11.1. The summed E-state index contributed by atoms with van der Waals surface area (Å²) in [4.78, 5) is 12.6. The van der Waals surface area contributed by atoms with Gasteiger partial charge < -0.3 is 4.74 Å². The molecule has 2 saturated carbocycles. The molecule has 2 aromatic carbocycles. The lowest BCUT2D eigenvalue weighted by molar-refractivity contribution is -0.140. The summed E-state index contributed by atoms with van der Waals surface area (Å²) in [6.45, 7) is 2.34. The average Bonchev–Trinajstić information content (AvgIpc) is 2.85. The molecule has 0 aromatic heterocycles. The molecule has 3 nitrogen and oxygen atoms in total. The molecule has 5 heteroatoms. The van der Waals surface area contributed by atoms with Gasteiger partial charge in [-0.1, -0.05) is 50.1 Å². The van der Waals surface area contributed by atoms with Crippen LogP contribution in [0.15, 0.2) is 42.5 Å². The van der Waals surface area contributed by atoms with Gasteiger partial charge >= 0.3 is 5.97 Å². The maximum Gasteiger partial charge on any atom is 0.314 e. The van der Waals surface area contributed by atoms with Crippen molar-refractivity contribution < 1.29 is 18.3 Å². The summed E-state index contributed by atoms with van der Waals surface area (Å²) in [6, 6.07) is 14.1. The smallest absolute Gasteiger partial charge is 0.314 e. The molecule has 0 spiro atoms. The Bertz CT molecular complexity index is 993. The molecule has 0 radical (unpaired) electrons. The molecule has 0 unspecified atom stereocenters. The summed E-state index contributed by atoms with van der Waals surface area (Å²) in [5.74, 6) is -0.0760. The first kappa shape index (κ1) is 24.4. The van der Waals surface area contributed by atoms with Crippen LogP contribution in [-0.4, -0.2) is 5.97 Å². The Balaban J connectivity index is 1.21. The van der Waals surface area contributed by atoms with Gasteiger partial charge in [-0.3, -0.25) is 4.79 Å². The van der Waals surface area contributed by atoms with Crippen LogP contribution in [0.1, 0.15) is 81.8 Å². The third kappa shape index (κ3) is 5.84. The zero-order valence-corrected chi connectivity index (χ0v) is 19.8. The van der Waals surface area contributed by atoms with E-state index in [1.807, 2.05) is 0 Å². The molecule has 2 aromatic rings. The van der Waals surface area contributed by atoms with Crippen molar-refractivity contribution in [1.29, 1.82) is 5.26 Å². The predicted molar refractivity (Wildman–Crippen MR) is 127 cm³/mol. The van der Waals surface area contributed by atoms with Crippen molar-refractivity contribution >= 4 is 5.97 Å². The lowest BCUT2D eigenvalue weighted by atomic mass is 9.68. The van der Waals surface area contributed by atoms with Gasteiger partial charge in [0.25, 0.3) is 0 Å². The number of nitrogens with zero attached hydrogens (tertiary/aromatic N) is 1. The van der Waals surface area contributed by atoms with Crippen LogP contribution in [-0.2, 0) is 4.79 Å². The number of esters is 1. The van der Waals surface area contributed by atoms with Crippen molar-refractivity contribution in [3.05, 3.63) is 65.2 Å². The molecule has 0 heterocycles. The Morgan fingerprint density at radius 3 is 2.09 bits per heavy atom. The molecular formula is C29H33F2NO2. The number of halogens is 2. The third-order valence-corrected chi connectivity index (χ3v) is 8.06. The Morgan fingerprint density at radius 2 is 1.53 bits per heavy atom. The molecule has 0 aliphatic heterocycles. The van der Waals surface area contributed by atoms with E-state index in [9.17, 15) is 13.6 Å². The fourth-order valence-electron chi connectivity index (χ4n) is 6.05. The summed E-state index contributed by atoms with van der Waals surface area (Å²) in [5.41, 5.74) is 0.769. The molecule has 180 valence electrons. The highest BCUT2D eigenvalue weighted by Crippen LogP contribution is 2.43. The molecule has 2 aliphatic rings. The van der Waals surface area contributed by atoms with Gasteiger partial charge in [0.15, 0.2) is 0 Å². The van der Waals surface area contributed by atoms with Gasteiger partial charge in [-0.2, -0.15) is 5.26 Å². The van der Waals surface area contributed by atoms with E-state index in [0.29, 0.717) is 11.8 Å². The van der Waals surface area contributed by atoms with E-state index in [-0.39, 0.29) is 11.7 Å². The first-order valence-electron chi connectivity index (χ1n) is 12.6. The summed E-state index contributed by atoms with van der Waals surface area (Å²) < 4.78 is 32.8. The number of nitriles is 1. The Labute approximate surface area is 201 Å². The van der Waals surface area contributed by atoms with E-state index >= 15 is 0 Å². The second-order valence-corrected chi connectivity index (χ2v) is 10.2. The van der Waals surface area contributed by atoms with Crippen molar-refractivity contribution in [2.24, 2.45) is 23.7 Å². The molecule has 4 rings (SSSR count). The molecule has 0 saturated heterocycles. The van der Waals surface area contributed by atoms with Gasteiger partial charge in [0.1, 0.15) is 29.0 Å². The minimum atomic E-state index is -1.01. The summed E-state index contributed by atoms with van der Waals surface area (Å²) >= 11 is 0. The van der Waals surface area contributed by atoms with E-state index in [0.717, 1.165) is 49.7 Å². The van der Waals surface area contributed by atoms with E-state index in [2.05, 4.69) is 37.3 Å². The summed E-state index contributed by atoms with van der Waals surface area (Å²) in [6.07, 6.45) is 9.92. The van der Waals surface area contributed by atoms with Crippen LogP contribution in [0.2, 0.25) is 0 Å². The molecule has 1 atom stereocenters. The Morgan fingerprint density at radius 1 is 0.971 bits per heavy atom. The minimum absolute atomic E-state index is 0.177. The lowest BCUT2D eigenvalue weighted by Gasteiger charge is -2.38. The second-order valence-electron chi connectivity index (χ2n) is 10.2. The monoisotopic (exact) mass is 465 g/mol. The van der Waals surface area contributed by atoms with Gasteiger partial charge in [0.2, 0.25) is 0 Å². The van der Waals surface area contributed by atoms with E-state index < -0.39 is 23.2 Å². The number of benzene rings is 2. The standard InChI is InChI=1S/C29H33F2NO2/c1-19(21-5-3-2-4-6-21)15-20-7-9-22(10-8-20)23-11-13-24(14-12-23)29(33)34-25-16-27(30)26(18-32)28(31)17-25/h2-6,16-17,19-20,22-24H,7-15H2,1H3/t19-,20?,22?,23?,24?/m0/s1. The fourth-order valence-corrected chi connectivity index (χ4v) is 6.05. The number of rotatable bonds is 6. The van der Waals surface area contributed by atoms with Gasteiger partial charge in [-0.15, -0.1) is 0 Å². The van der Waals surface area contributed by atoms with Crippen LogP contribution in [0, 0.1) is 46.6 Å². The largest absolute Gasteiger partial charge is 0.426 e. The molecule has 0 bridgehead atoms. The average molecular weight is 466 g/mol. The van der Waals surface area contributed by atoms with Gasteiger partial charge in [0.05, 0.1) is 5.92 Å². The van der Waals surface area contributed by atoms with Crippen LogP contribution in [0.5, 0.6) is 5.75 Å².